The van der Waals surface area contributed by atoms with Crippen LogP contribution in [0, 0.1) is 0 Å². The standard InChI is InChI=1S/C15H14N2O4S2/c1-16-15(19)12-7-4-11(5-8-12)6-9-13(18)17-23(20,21)14-3-2-10-22-14/h2-10H,1H3,(H,16,19)(H,17,18)/b9-6+. The van der Waals surface area contributed by atoms with E-state index in [2.05, 4.69) is 5.32 Å². The Morgan fingerprint density at radius 1 is 1.13 bits per heavy atom. The number of sulfonamides is 1. The Kier molecular flexibility index (Phi) is 5.30. The second-order valence-electron chi connectivity index (χ2n) is 4.44. The zero-order valence-corrected chi connectivity index (χ0v) is 13.8. The maximum Gasteiger partial charge on any atom is 0.273 e. The summed E-state index contributed by atoms with van der Waals surface area (Å²) in [4.78, 5) is 23.1. The molecule has 1 aromatic heterocycles. The van der Waals surface area contributed by atoms with Crippen molar-refractivity contribution in [1.29, 1.82) is 0 Å². The molecule has 0 aliphatic carbocycles. The largest absolute Gasteiger partial charge is 0.355 e. The monoisotopic (exact) mass is 350 g/mol. The zero-order valence-electron chi connectivity index (χ0n) is 12.1. The first-order valence-corrected chi connectivity index (χ1v) is 8.89. The number of carbonyl (C=O) groups excluding carboxylic acids is 2. The summed E-state index contributed by atoms with van der Waals surface area (Å²) in [7, 11) is -2.29. The molecule has 120 valence electrons. The Morgan fingerprint density at radius 3 is 2.39 bits per heavy atom. The highest BCUT2D eigenvalue weighted by atomic mass is 32.2. The molecule has 0 radical (unpaired) electrons. The highest BCUT2D eigenvalue weighted by molar-refractivity contribution is 7.92. The van der Waals surface area contributed by atoms with Gasteiger partial charge in [0, 0.05) is 18.7 Å². The van der Waals surface area contributed by atoms with E-state index in [9.17, 15) is 18.0 Å². The van der Waals surface area contributed by atoms with Gasteiger partial charge in [-0.05, 0) is 35.2 Å². The Bertz CT molecular complexity index is 823. The number of benzene rings is 1. The molecule has 23 heavy (non-hydrogen) atoms. The zero-order chi connectivity index (χ0) is 16.9. The van der Waals surface area contributed by atoms with Crippen molar-refractivity contribution in [3.05, 3.63) is 59.0 Å². The van der Waals surface area contributed by atoms with E-state index in [0.717, 1.165) is 17.4 Å². The van der Waals surface area contributed by atoms with Crippen molar-refractivity contribution in [2.45, 2.75) is 4.21 Å². The number of amides is 2. The van der Waals surface area contributed by atoms with Gasteiger partial charge in [0.2, 0.25) is 0 Å². The van der Waals surface area contributed by atoms with E-state index < -0.39 is 15.9 Å². The molecular weight excluding hydrogens is 336 g/mol. The summed E-state index contributed by atoms with van der Waals surface area (Å²) >= 11 is 1.03. The fraction of sp³-hybridized carbons (Fsp3) is 0.0667. The van der Waals surface area contributed by atoms with Gasteiger partial charge in [-0.3, -0.25) is 9.59 Å². The first-order valence-electron chi connectivity index (χ1n) is 6.53. The molecule has 1 aromatic carbocycles. The lowest BCUT2D eigenvalue weighted by atomic mass is 10.1. The van der Waals surface area contributed by atoms with Crippen molar-refractivity contribution < 1.29 is 18.0 Å². The predicted octanol–water partition coefficient (Wildman–Crippen LogP) is 1.63. The quantitative estimate of drug-likeness (QED) is 0.802. The number of thiophene rings is 1. The minimum Gasteiger partial charge on any atom is -0.355 e. The van der Waals surface area contributed by atoms with Crippen LogP contribution in [-0.4, -0.2) is 27.3 Å². The van der Waals surface area contributed by atoms with Crippen LogP contribution in [0.25, 0.3) is 6.08 Å². The average Bonchev–Trinajstić information content (AvgIpc) is 3.07. The third-order valence-corrected chi connectivity index (χ3v) is 5.57. The maximum atomic E-state index is 11.9. The van der Waals surface area contributed by atoms with Gasteiger partial charge in [0.25, 0.3) is 21.8 Å². The first kappa shape index (κ1) is 16.9. The molecule has 0 aliphatic rings. The van der Waals surface area contributed by atoms with Gasteiger partial charge < -0.3 is 5.32 Å². The lowest BCUT2D eigenvalue weighted by Crippen LogP contribution is -2.28. The van der Waals surface area contributed by atoms with E-state index in [4.69, 9.17) is 0 Å². The van der Waals surface area contributed by atoms with Crippen LogP contribution in [-0.2, 0) is 14.8 Å². The molecule has 0 saturated carbocycles. The van der Waals surface area contributed by atoms with Crippen molar-refractivity contribution in [3.8, 4) is 0 Å². The van der Waals surface area contributed by atoms with Crippen LogP contribution in [0.1, 0.15) is 15.9 Å². The lowest BCUT2D eigenvalue weighted by molar-refractivity contribution is -0.114. The molecule has 8 heteroatoms. The van der Waals surface area contributed by atoms with Crippen LogP contribution >= 0.6 is 11.3 Å². The summed E-state index contributed by atoms with van der Waals surface area (Å²) in [6, 6.07) is 9.54. The van der Waals surface area contributed by atoms with E-state index in [-0.39, 0.29) is 10.1 Å². The number of nitrogens with one attached hydrogen (secondary N) is 2. The number of hydrogen-bond donors (Lipinski definition) is 2. The lowest BCUT2D eigenvalue weighted by Gasteiger charge is -2.02. The summed E-state index contributed by atoms with van der Waals surface area (Å²) in [5.74, 6) is -0.950. The van der Waals surface area contributed by atoms with E-state index in [0.29, 0.717) is 11.1 Å². The second kappa shape index (κ2) is 7.21. The van der Waals surface area contributed by atoms with Crippen LogP contribution in [0.3, 0.4) is 0 Å². The molecule has 0 spiro atoms. The molecule has 1 heterocycles. The number of hydrogen-bond acceptors (Lipinski definition) is 5. The van der Waals surface area contributed by atoms with Gasteiger partial charge in [-0.15, -0.1) is 11.3 Å². The van der Waals surface area contributed by atoms with Crippen LogP contribution in [0.2, 0.25) is 0 Å². The molecule has 6 nitrogen and oxygen atoms in total. The van der Waals surface area contributed by atoms with Crippen LogP contribution in [0.15, 0.2) is 52.1 Å². The number of carbonyl (C=O) groups is 2. The van der Waals surface area contributed by atoms with Gasteiger partial charge >= 0.3 is 0 Å². The van der Waals surface area contributed by atoms with Gasteiger partial charge in [-0.2, -0.15) is 0 Å². The highest BCUT2D eigenvalue weighted by Crippen LogP contribution is 2.15. The Hall–Kier alpha value is -2.45. The van der Waals surface area contributed by atoms with Crippen LogP contribution in [0.5, 0.6) is 0 Å². The molecule has 0 fully saturated rings. The number of rotatable bonds is 5. The summed E-state index contributed by atoms with van der Waals surface area (Å²) < 4.78 is 25.8. The molecule has 0 aliphatic heterocycles. The average molecular weight is 350 g/mol. The summed E-state index contributed by atoms with van der Waals surface area (Å²) in [5.41, 5.74) is 1.16. The second-order valence-corrected chi connectivity index (χ2v) is 7.29. The maximum absolute atomic E-state index is 11.9. The van der Waals surface area contributed by atoms with Crippen molar-refractivity contribution in [2.75, 3.05) is 7.05 Å². The normalized spacial score (nSPS) is 11.3. The fourth-order valence-corrected chi connectivity index (χ4v) is 3.63. The van der Waals surface area contributed by atoms with Gasteiger partial charge in [0.15, 0.2) is 0 Å². The summed E-state index contributed by atoms with van der Waals surface area (Å²) in [6.45, 7) is 0. The topological polar surface area (TPSA) is 92.3 Å². The van der Waals surface area contributed by atoms with Crippen molar-refractivity contribution in [1.82, 2.24) is 10.0 Å². The van der Waals surface area contributed by atoms with Gasteiger partial charge in [-0.25, -0.2) is 13.1 Å². The van der Waals surface area contributed by atoms with E-state index in [1.165, 1.54) is 19.2 Å². The minimum absolute atomic E-state index is 0.0779. The minimum atomic E-state index is -3.83. The van der Waals surface area contributed by atoms with Gasteiger partial charge in [0.1, 0.15) is 4.21 Å². The predicted molar refractivity (Wildman–Crippen MR) is 88.5 cm³/mol. The first-order chi connectivity index (χ1) is 10.9. The molecule has 2 rings (SSSR count). The molecule has 0 unspecified atom stereocenters. The van der Waals surface area contributed by atoms with Crippen LogP contribution < -0.4 is 10.0 Å². The van der Waals surface area contributed by atoms with Crippen LogP contribution in [0.4, 0.5) is 0 Å². The van der Waals surface area contributed by atoms with Crippen molar-refractivity contribution in [3.63, 3.8) is 0 Å². The van der Waals surface area contributed by atoms with Crippen molar-refractivity contribution in [2.24, 2.45) is 0 Å². The van der Waals surface area contributed by atoms with Gasteiger partial charge in [-0.1, -0.05) is 18.2 Å². The van der Waals surface area contributed by atoms with Gasteiger partial charge in [0.05, 0.1) is 0 Å². The molecule has 0 bridgehead atoms. The van der Waals surface area contributed by atoms with E-state index in [1.807, 2.05) is 4.72 Å². The highest BCUT2D eigenvalue weighted by Gasteiger charge is 2.16. The molecule has 2 N–H and O–H groups in total. The summed E-state index contributed by atoms with van der Waals surface area (Å²) in [5, 5.41) is 4.12. The smallest absolute Gasteiger partial charge is 0.273 e. The van der Waals surface area contributed by atoms with Crippen molar-refractivity contribution >= 4 is 39.3 Å². The molecular formula is C15H14N2O4S2. The fourth-order valence-electron chi connectivity index (χ4n) is 1.69. The molecule has 2 aromatic rings. The molecule has 0 saturated heterocycles. The third kappa shape index (κ3) is 4.51. The third-order valence-electron chi connectivity index (χ3n) is 2.82. The molecule has 0 atom stereocenters. The Balaban J connectivity index is 2.03. The Morgan fingerprint density at radius 2 is 1.83 bits per heavy atom. The molecule has 2 amide bonds. The van der Waals surface area contributed by atoms with E-state index >= 15 is 0 Å². The van der Waals surface area contributed by atoms with E-state index in [1.54, 1.807) is 35.7 Å². The summed E-state index contributed by atoms with van der Waals surface area (Å²) in [6.07, 6.45) is 2.59. The SMILES string of the molecule is CNC(=O)c1ccc(/C=C/C(=O)NS(=O)(=O)c2cccs2)cc1. The Labute approximate surface area is 137 Å².